The number of nitrogens with zero attached hydrogens (tertiary/aromatic N) is 4. The first-order chi connectivity index (χ1) is 12.8. The highest BCUT2D eigenvalue weighted by Crippen LogP contribution is 2.19. The number of hydrogen-bond acceptors (Lipinski definition) is 4. The molecule has 4 rings (SSSR count). The molecule has 26 heavy (non-hydrogen) atoms. The molecule has 0 aliphatic carbocycles. The van der Waals surface area contributed by atoms with Gasteiger partial charge in [0.15, 0.2) is 0 Å². The molecule has 0 unspecified atom stereocenters. The molecule has 1 N–H and O–H groups in total. The van der Waals surface area contributed by atoms with Gasteiger partial charge in [-0.25, -0.2) is 5.10 Å². The predicted octanol–water partition coefficient (Wildman–Crippen LogP) is 4.55. The van der Waals surface area contributed by atoms with E-state index in [1.54, 1.807) is 17.1 Å². The minimum absolute atomic E-state index is 0.419. The first kappa shape index (κ1) is 16.1. The van der Waals surface area contributed by atoms with E-state index in [0.29, 0.717) is 16.3 Å². The minimum Gasteiger partial charge on any atom is -0.253 e. The van der Waals surface area contributed by atoms with Crippen molar-refractivity contribution < 1.29 is 0 Å². The number of rotatable bonds is 4. The fourth-order valence-electron chi connectivity index (χ4n) is 2.58. The van der Waals surface area contributed by atoms with Crippen LogP contribution in [-0.4, -0.2) is 26.1 Å². The molecule has 0 saturated heterocycles. The van der Waals surface area contributed by atoms with Gasteiger partial charge in [-0.05, 0) is 41.0 Å². The summed E-state index contributed by atoms with van der Waals surface area (Å²) >= 11 is 5.28. The van der Waals surface area contributed by atoms with Crippen LogP contribution < -0.4 is 0 Å². The van der Waals surface area contributed by atoms with E-state index < -0.39 is 0 Å². The van der Waals surface area contributed by atoms with Gasteiger partial charge in [0.2, 0.25) is 10.6 Å². The fourth-order valence-corrected chi connectivity index (χ4v) is 2.76. The van der Waals surface area contributed by atoms with Crippen molar-refractivity contribution in [2.45, 2.75) is 0 Å². The number of benzene rings is 2. The Morgan fingerprint density at radius 2 is 1.62 bits per heavy atom. The Hall–Kier alpha value is -3.38. The van der Waals surface area contributed by atoms with Gasteiger partial charge in [0.25, 0.3) is 0 Å². The lowest BCUT2D eigenvalue weighted by atomic mass is 10.0. The summed E-state index contributed by atoms with van der Waals surface area (Å²) in [5, 5.41) is 11.5. The smallest absolute Gasteiger partial charge is 0.216 e. The molecular formula is C20H15N5S. The Balaban J connectivity index is 1.61. The van der Waals surface area contributed by atoms with Crippen molar-refractivity contribution in [2.75, 3.05) is 0 Å². The third kappa shape index (κ3) is 3.36. The van der Waals surface area contributed by atoms with Gasteiger partial charge in [0.05, 0.1) is 6.21 Å². The van der Waals surface area contributed by atoms with Gasteiger partial charge in [-0.1, -0.05) is 60.7 Å². The number of aromatic amines is 1. The summed E-state index contributed by atoms with van der Waals surface area (Å²) in [7, 11) is 0. The lowest BCUT2D eigenvalue weighted by molar-refractivity contribution is 0.867. The van der Waals surface area contributed by atoms with Gasteiger partial charge < -0.3 is 0 Å². The highest BCUT2D eigenvalue weighted by Gasteiger charge is 2.08. The Kier molecular flexibility index (Phi) is 4.49. The van der Waals surface area contributed by atoms with Crippen molar-refractivity contribution >= 4 is 18.4 Å². The molecule has 0 radical (unpaired) electrons. The van der Waals surface area contributed by atoms with Gasteiger partial charge in [-0.15, -0.1) is 0 Å². The molecule has 0 atom stereocenters. The van der Waals surface area contributed by atoms with Crippen LogP contribution >= 0.6 is 12.2 Å². The van der Waals surface area contributed by atoms with Crippen LogP contribution in [0.5, 0.6) is 0 Å². The average molecular weight is 357 g/mol. The third-order valence-corrected chi connectivity index (χ3v) is 4.15. The SMILES string of the molecule is S=c1[nH]nc(-c2ccccn2)n1/N=C/c1ccc(-c2ccccc2)cc1. The predicted molar refractivity (Wildman–Crippen MR) is 106 cm³/mol. The maximum Gasteiger partial charge on any atom is 0.216 e. The van der Waals surface area contributed by atoms with Crippen molar-refractivity contribution in [2.24, 2.45) is 5.10 Å². The number of nitrogens with one attached hydrogen (secondary N) is 1. The number of pyridine rings is 1. The third-order valence-electron chi connectivity index (χ3n) is 3.88. The minimum atomic E-state index is 0.419. The average Bonchev–Trinajstić information content (AvgIpc) is 3.08. The zero-order chi connectivity index (χ0) is 17.8. The molecule has 2 aromatic carbocycles. The highest BCUT2D eigenvalue weighted by atomic mass is 32.1. The van der Waals surface area contributed by atoms with Gasteiger partial charge in [0.1, 0.15) is 5.69 Å². The summed E-state index contributed by atoms with van der Waals surface area (Å²) in [6.07, 6.45) is 3.47. The van der Waals surface area contributed by atoms with Crippen molar-refractivity contribution in [1.82, 2.24) is 19.9 Å². The van der Waals surface area contributed by atoms with E-state index in [1.807, 2.05) is 48.5 Å². The second-order valence-electron chi connectivity index (χ2n) is 5.61. The summed E-state index contributed by atoms with van der Waals surface area (Å²) in [4.78, 5) is 4.30. The van der Waals surface area contributed by atoms with Crippen LogP contribution in [-0.2, 0) is 0 Å². The van der Waals surface area contributed by atoms with Gasteiger partial charge in [0, 0.05) is 6.20 Å². The summed E-state index contributed by atoms with van der Waals surface area (Å²) in [5.41, 5.74) is 4.03. The molecule has 126 valence electrons. The van der Waals surface area contributed by atoms with E-state index in [2.05, 4.69) is 44.5 Å². The maximum atomic E-state index is 5.28. The first-order valence-corrected chi connectivity index (χ1v) is 8.51. The van der Waals surface area contributed by atoms with E-state index in [4.69, 9.17) is 12.2 Å². The first-order valence-electron chi connectivity index (χ1n) is 8.10. The van der Waals surface area contributed by atoms with Crippen LogP contribution in [0.4, 0.5) is 0 Å². The van der Waals surface area contributed by atoms with E-state index in [-0.39, 0.29) is 0 Å². The molecule has 0 amide bonds. The van der Waals surface area contributed by atoms with E-state index in [9.17, 15) is 0 Å². The Labute approximate surface area is 155 Å². The van der Waals surface area contributed by atoms with Crippen LogP contribution in [0, 0.1) is 4.77 Å². The van der Waals surface area contributed by atoms with E-state index in [0.717, 1.165) is 11.1 Å². The van der Waals surface area contributed by atoms with Gasteiger partial charge in [-0.3, -0.25) is 4.98 Å². The topological polar surface area (TPSA) is 58.9 Å². The number of H-pyrrole nitrogens is 1. The molecule has 0 spiro atoms. The molecule has 0 saturated carbocycles. The summed E-state index contributed by atoms with van der Waals surface area (Å²) in [5.74, 6) is 0.577. The van der Waals surface area contributed by atoms with Gasteiger partial charge >= 0.3 is 0 Å². The van der Waals surface area contributed by atoms with E-state index in [1.165, 1.54) is 5.56 Å². The quantitative estimate of drug-likeness (QED) is 0.430. The Morgan fingerprint density at radius 3 is 2.35 bits per heavy atom. The van der Waals surface area contributed by atoms with Crippen molar-refractivity contribution in [3.05, 3.63) is 89.3 Å². The number of aromatic nitrogens is 4. The van der Waals surface area contributed by atoms with Gasteiger partial charge in [-0.2, -0.15) is 14.9 Å². The molecule has 0 aliphatic rings. The summed E-state index contributed by atoms with van der Waals surface area (Å²) in [6, 6.07) is 24.1. The zero-order valence-electron chi connectivity index (χ0n) is 13.8. The summed E-state index contributed by atoms with van der Waals surface area (Å²) in [6.45, 7) is 0. The molecule has 4 aromatic rings. The standard InChI is InChI=1S/C20H15N5S/c26-20-24-23-19(18-8-4-5-13-21-18)25(20)22-14-15-9-11-17(12-10-15)16-6-2-1-3-7-16/h1-14H,(H,24,26)/b22-14+. The fraction of sp³-hybridized carbons (Fsp3) is 0. The van der Waals surface area contributed by atoms with Crippen molar-refractivity contribution in [1.29, 1.82) is 0 Å². The summed E-state index contributed by atoms with van der Waals surface area (Å²) < 4.78 is 1.99. The maximum absolute atomic E-state index is 5.28. The van der Waals surface area contributed by atoms with Crippen molar-refractivity contribution in [3.63, 3.8) is 0 Å². The van der Waals surface area contributed by atoms with Crippen LogP contribution in [0.15, 0.2) is 84.1 Å². The molecule has 5 nitrogen and oxygen atoms in total. The zero-order valence-corrected chi connectivity index (χ0v) is 14.6. The normalized spacial score (nSPS) is 11.1. The largest absolute Gasteiger partial charge is 0.253 e. The highest BCUT2D eigenvalue weighted by molar-refractivity contribution is 7.71. The van der Waals surface area contributed by atoms with E-state index >= 15 is 0 Å². The Morgan fingerprint density at radius 1 is 0.885 bits per heavy atom. The molecule has 2 aromatic heterocycles. The number of hydrogen-bond donors (Lipinski definition) is 1. The Bertz CT molecular complexity index is 1080. The molecule has 0 fully saturated rings. The van der Waals surface area contributed by atoms with Crippen LogP contribution in [0.1, 0.15) is 5.56 Å². The van der Waals surface area contributed by atoms with Crippen LogP contribution in [0.25, 0.3) is 22.6 Å². The second-order valence-corrected chi connectivity index (χ2v) is 6.00. The molecule has 0 aliphatic heterocycles. The van der Waals surface area contributed by atoms with Crippen LogP contribution in [0.3, 0.4) is 0 Å². The lowest BCUT2D eigenvalue weighted by Gasteiger charge is -2.02. The van der Waals surface area contributed by atoms with Crippen LogP contribution in [0.2, 0.25) is 0 Å². The molecule has 0 bridgehead atoms. The second kappa shape index (κ2) is 7.25. The molecular weight excluding hydrogens is 342 g/mol. The lowest BCUT2D eigenvalue weighted by Crippen LogP contribution is -1.96. The molecule has 6 heteroatoms. The monoisotopic (exact) mass is 357 g/mol. The molecule has 2 heterocycles. The van der Waals surface area contributed by atoms with Crippen molar-refractivity contribution in [3.8, 4) is 22.6 Å².